The zero-order chi connectivity index (χ0) is 7.66. The lowest BCUT2D eigenvalue weighted by Gasteiger charge is -2.09. The van der Waals surface area contributed by atoms with E-state index in [1.54, 1.807) is 7.05 Å². The molecule has 0 aromatic heterocycles. The second-order valence-electron chi connectivity index (χ2n) is 1.41. The Labute approximate surface area is 60.1 Å². The first-order chi connectivity index (χ1) is 4.91. The molecule has 0 unspecified atom stereocenters. The molecule has 0 saturated heterocycles. The highest BCUT2D eigenvalue weighted by Gasteiger charge is 1.76. The minimum absolute atomic E-state index is 0.841. The van der Waals surface area contributed by atoms with Crippen LogP contribution in [0.5, 0.6) is 0 Å². The van der Waals surface area contributed by atoms with E-state index in [4.69, 9.17) is 0 Å². The van der Waals surface area contributed by atoms with E-state index in [0.717, 1.165) is 6.54 Å². The fourth-order valence-electron chi connectivity index (χ4n) is 0.289. The number of hydrogen-bond acceptors (Lipinski definition) is 7. The van der Waals surface area contributed by atoms with E-state index in [1.165, 1.54) is 0 Å². The van der Waals surface area contributed by atoms with Crippen LogP contribution in [0.4, 0.5) is 0 Å². The Kier molecular flexibility index (Phi) is 8.48. The van der Waals surface area contributed by atoms with E-state index in [0.29, 0.717) is 0 Å². The topological polar surface area (TPSA) is 84.2 Å². The fourth-order valence-corrected chi connectivity index (χ4v) is 0.289. The lowest BCUT2D eigenvalue weighted by molar-refractivity contribution is 0.282. The molecule has 0 fully saturated rings. The molecule has 0 saturated carbocycles. The van der Waals surface area contributed by atoms with E-state index in [9.17, 15) is 0 Å². The molecule has 0 amide bonds. The molecule has 10 heavy (non-hydrogen) atoms. The zero-order valence-corrected chi connectivity index (χ0v) is 6.21. The number of rotatable bonds is 7. The molecule has 7 nitrogen and oxygen atoms in total. The van der Waals surface area contributed by atoms with Crippen molar-refractivity contribution in [3.8, 4) is 0 Å². The van der Waals surface area contributed by atoms with Crippen molar-refractivity contribution >= 4 is 0 Å². The Hall–Kier alpha value is -0.280. The van der Waals surface area contributed by atoms with Crippen LogP contribution in [0, 0.1) is 0 Å². The molecule has 62 valence electrons. The molecule has 0 rings (SSSR count). The molecule has 0 heterocycles. The fraction of sp³-hybridized carbons (Fsp3) is 1.00. The summed E-state index contributed by atoms with van der Waals surface area (Å²) in [5.74, 6) is 0. The van der Waals surface area contributed by atoms with E-state index in [2.05, 4.69) is 38.5 Å². The first kappa shape index (κ1) is 9.72. The maximum atomic E-state index is 2.81. The average Bonchev–Trinajstić information content (AvgIpc) is 1.97. The molecular weight excluding hydrogens is 134 g/mol. The third kappa shape index (κ3) is 7.72. The smallest absolute Gasteiger partial charge is 0.00850 e. The van der Waals surface area contributed by atoms with Gasteiger partial charge in [-0.05, 0) is 7.05 Å². The van der Waals surface area contributed by atoms with Crippen LogP contribution in [0.1, 0.15) is 6.92 Å². The molecule has 0 radical (unpaired) electrons. The van der Waals surface area contributed by atoms with Gasteiger partial charge in [-0.2, -0.15) is 27.7 Å². The number of nitrogens with one attached hydrogen (secondary N) is 7. The highest BCUT2D eigenvalue weighted by molar-refractivity contribution is 4.20. The Morgan fingerprint density at radius 2 is 1.50 bits per heavy atom. The van der Waals surface area contributed by atoms with E-state index >= 15 is 0 Å². The average molecular weight is 149 g/mol. The van der Waals surface area contributed by atoms with Crippen LogP contribution >= 0.6 is 0 Å². The Morgan fingerprint density at radius 3 is 2.10 bits per heavy atom. The summed E-state index contributed by atoms with van der Waals surface area (Å²) < 4.78 is 0. The lowest BCUT2D eigenvalue weighted by atomic mass is 10.8. The minimum Gasteiger partial charge on any atom is -0.246 e. The molecule has 0 bridgehead atoms. The third-order valence-corrected chi connectivity index (χ3v) is 0.640. The molecule has 0 aromatic carbocycles. The highest BCUT2D eigenvalue weighted by Crippen LogP contribution is 1.37. The molecule has 7 N–H and O–H groups in total. The summed E-state index contributed by atoms with van der Waals surface area (Å²) in [7, 11) is 1.74. The van der Waals surface area contributed by atoms with Gasteiger partial charge < -0.3 is 0 Å². The van der Waals surface area contributed by atoms with Gasteiger partial charge in [0.1, 0.15) is 0 Å². The van der Waals surface area contributed by atoms with Crippen LogP contribution in [-0.2, 0) is 0 Å². The summed E-state index contributed by atoms with van der Waals surface area (Å²) in [6, 6.07) is 0. The number of hydrogen-bond donors (Lipinski definition) is 7. The van der Waals surface area contributed by atoms with Crippen LogP contribution < -0.4 is 38.5 Å². The van der Waals surface area contributed by atoms with E-state index < -0.39 is 0 Å². The normalized spacial score (nSPS) is 10.2. The maximum absolute atomic E-state index is 2.81. The Morgan fingerprint density at radius 1 is 0.900 bits per heavy atom. The van der Waals surface area contributed by atoms with Gasteiger partial charge in [-0.15, -0.1) is 0 Å². The first-order valence-corrected chi connectivity index (χ1v) is 3.06. The van der Waals surface area contributed by atoms with Gasteiger partial charge >= 0.3 is 0 Å². The molecule has 0 aromatic rings. The molecule has 0 aliphatic heterocycles. The molecule has 0 aliphatic carbocycles. The molecule has 7 heteroatoms. The van der Waals surface area contributed by atoms with Gasteiger partial charge in [0, 0.05) is 6.54 Å². The predicted octanol–water partition coefficient (Wildman–Crippen LogP) is -2.75. The standard InChI is InChI=1S/C3H15N7/c1-3-5-7-9-10-8-6-4-2/h4-10H,3H2,1-2H3. The van der Waals surface area contributed by atoms with Gasteiger partial charge in [0.25, 0.3) is 0 Å². The van der Waals surface area contributed by atoms with Crippen LogP contribution in [0.3, 0.4) is 0 Å². The molecular formula is C3H15N7. The quantitative estimate of drug-likeness (QED) is 0.156. The Balaban J connectivity index is 2.65. The second kappa shape index (κ2) is 8.72. The monoisotopic (exact) mass is 149 g/mol. The molecule has 0 aliphatic rings. The van der Waals surface area contributed by atoms with Crippen LogP contribution in [-0.4, -0.2) is 13.6 Å². The van der Waals surface area contributed by atoms with Crippen LogP contribution in [0.25, 0.3) is 0 Å². The van der Waals surface area contributed by atoms with Crippen molar-refractivity contribution in [2.75, 3.05) is 13.6 Å². The maximum Gasteiger partial charge on any atom is 0.00850 e. The summed E-state index contributed by atoms with van der Waals surface area (Å²) >= 11 is 0. The van der Waals surface area contributed by atoms with Crippen molar-refractivity contribution in [3.63, 3.8) is 0 Å². The van der Waals surface area contributed by atoms with Gasteiger partial charge in [0.15, 0.2) is 0 Å². The van der Waals surface area contributed by atoms with Crippen LogP contribution in [0.2, 0.25) is 0 Å². The molecule has 0 atom stereocenters. The summed E-state index contributed by atoms with van der Waals surface area (Å²) in [5, 5.41) is 0. The van der Waals surface area contributed by atoms with Crippen molar-refractivity contribution in [2.45, 2.75) is 6.92 Å². The first-order valence-electron chi connectivity index (χ1n) is 3.06. The summed E-state index contributed by atoms with van der Waals surface area (Å²) in [5.41, 5.74) is 18.4. The minimum atomic E-state index is 0.841. The predicted molar refractivity (Wildman–Crippen MR) is 38.4 cm³/mol. The lowest BCUT2D eigenvalue weighted by Crippen LogP contribution is -2.60. The SMILES string of the molecule is CCNNNNNNNC. The second-order valence-corrected chi connectivity index (χ2v) is 1.41. The van der Waals surface area contributed by atoms with Crippen molar-refractivity contribution in [2.24, 2.45) is 0 Å². The van der Waals surface area contributed by atoms with Gasteiger partial charge in [-0.25, -0.2) is 10.9 Å². The third-order valence-electron chi connectivity index (χ3n) is 0.640. The van der Waals surface area contributed by atoms with Crippen molar-refractivity contribution in [1.29, 1.82) is 0 Å². The number of hydrazine groups is 6. The van der Waals surface area contributed by atoms with Crippen LogP contribution in [0.15, 0.2) is 0 Å². The summed E-state index contributed by atoms with van der Waals surface area (Å²) in [4.78, 5) is 0. The van der Waals surface area contributed by atoms with E-state index in [1.807, 2.05) is 6.92 Å². The van der Waals surface area contributed by atoms with Gasteiger partial charge in [0.2, 0.25) is 0 Å². The van der Waals surface area contributed by atoms with E-state index in [-0.39, 0.29) is 0 Å². The molecule has 0 spiro atoms. The summed E-state index contributed by atoms with van der Waals surface area (Å²) in [6.45, 7) is 2.82. The van der Waals surface area contributed by atoms with Gasteiger partial charge in [-0.3, -0.25) is 0 Å². The Bertz CT molecular complexity index is 48.8. The van der Waals surface area contributed by atoms with Crippen molar-refractivity contribution < 1.29 is 0 Å². The van der Waals surface area contributed by atoms with Crippen molar-refractivity contribution in [3.05, 3.63) is 0 Å². The highest BCUT2D eigenvalue weighted by atomic mass is 15.9. The van der Waals surface area contributed by atoms with Gasteiger partial charge in [0.05, 0.1) is 0 Å². The summed E-state index contributed by atoms with van der Waals surface area (Å²) in [6.07, 6.45) is 0. The van der Waals surface area contributed by atoms with Gasteiger partial charge in [-0.1, -0.05) is 6.92 Å². The van der Waals surface area contributed by atoms with Crippen molar-refractivity contribution in [1.82, 2.24) is 38.5 Å². The largest absolute Gasteiger partial charge is 0.246 e. The zero-order valence-electron chi connectivity index (χ0n) is 6.21.